The van der Waals surface area contributed by atoms with Crippen molar-refractivity contribution in [3.8, 4) is 5.69 Å². The van der Waals surface area contributed by atoms with Gasteiger partial charge in [0.2, 0.25) is 0 Å². The van der Waals surface area contributed by atoms with Gasteiger partial charge in [0.25, 0.3) is 0 Å². The van der Waals surface area contributed by atoms with Crippen molar-refractivity contribution in [1.82, 2.24) is 14.7 Å². The molecule has 0 saturated carbocycles. The zero-order valence-electron chi connectivity index (χ0n) is 14.0. The van der Waals surface area contributed by atoms with E-state index in [1.54, 1.807) is 0 Å². The molecule has 2 N–H and O–H groups in total. The van der Waals surface area contributed by atoms with E-state index in [4.69, 9.17) is 5.73 Å². The zero-order chi connectivity index (χ0) is 15.9. The lowest BCUT2D eigenvalue weighted by molar-refractivity contribution is 0.428. The van der Waals surface area contributed by atoms with Crippen LogP contribution in [0, 0.1) is 0 Å². The van der Waals surface area contributed by atoms with Crippen LogP contribution in [0.5, 0.6) is 0 Å². The minimum absolute atomic E-state index is 0. The summed E-state index contributed by atoms with van der Waals surface area (Å²) in [6.45, 7) is 2.80. The minimum atomic E-state index is 0. The van der Waals surface area contributed by atoms with Crippen molar-refractivity contribution in [1.29, 1.82) is 0 Å². The van der Waals surface area contributed by atoms with E-state index in [1.807, 2.05) is 41.2 Å². The summed E-state index contributed by atoms with van der Waals surface area (Å²) in [6, 6.07) is 10.1. The molecule has 0 spiro atoms. The SMILES string of the molecule is I.NC(=NCCc1cnn(-c2ccccc2)c1)N1CCCCCC1. The molecule has 1 fully saturated rings. The van der Waals surface area contributed by atoms with Crippen LogP contribution in [0.25, 0.3) is 5.69 Å². The molecule has 2 aromatic rings. The first kappa shape index (κ1) is 18.8. The van der Waals surface area contributed by atoms with Crippen LogP contribution in [0.15, 0.2) is 47.7 Å². The Morgan fingerprint density at radius 2 is 1.79 bits per heavy atom. The molecule has 1 saturated heterocycles. The van der Waals surface area contributed by atoms with Gasteiger partial charge >= 0.3 is 0 Å². The minimum Gasteiger partial charge on any atom is -0.370 e. The van der Waals surface area contributed by atoms with E-state index in [2.05, 4.69) is 21.2 Å². The van der Waals surface area contributed by atoms with Gasteiger partial charge in [-0.05, 0) is 37.0 Å². The maximum absolute atomic E-state index is 6.13. The fourth-order valence-electron chi connectivity index (χ4n) is 2.91. The van der Waals surface area contributed by atoms with Gasteiger partial charge in [0.05, 0.1) is 11.9 Å². The lowest BCUT2D eigenvalue weighted by Gasteiger charge is -2.20. The van der Waals surface area contributed by atoms with E-state index in [0.717, 1.165) is 25.2 Å². The number of halogens is 1. The quantitative estimate of drug-likeness (QED) is 0.452. The Morgan fingerprint density at radius 3 is 2.50 bits per heavy atom. The predicted octanol–water partition coefficient (Wildman–Crippen LogP) is 3.22. The summed E-state index contributed by atoms with van der Waals surface area (Å²) < 4.78 is 1.90. The van der Waals surface area contributed by atoms with Gasteiger partial charge in [-0.2, -0.15) is 5.10 Å². The van der Waals surface area contributed by atoms with E-state index in [9.17, 15) is 0 Å². The molecule has 5 nitrogen and oxygen atoms in total. The highest BCUT2D eigenvalue weighted by Crippen LogP contribution is 2.10. The molecule has 1 aromatic carbocycles. The maximum Gasteiger partial charge on any atom is 0.191 e. The molecule has 0 radical (unpaired) electrons. The van der Waals surface area contributed by atoms with E-state index in [1.165, 1.54) is 31.2 Å². The van der Waals surface area contributed by atoms with Gasteiger partial charge in [0, 0.05) is 25.8 Å². The first-order valence-electron chi connectivity index (χ1n) is 8.47. The summed E-state index contributed by atoms with van der Waals surface area (Å²) in [7, 11) is 0. The van der Waals surface area contributed by atoms with Crippen LogP contribution < -0.4 is 5.73 Å². The van der Waals surface area contributed by atoms with E-state index in [0.29, 0.717) is 12.5 Å². The topological polar surface area (TPSA) is 59.4 Å². The first-order valence-corrected chi connectivity index (χ1v) is 8.47. The third-order valence-electron chi connectivity index (χ3n) is 4.26. The van der Waals surface area contributed by atoms with Crippen molar-refractivity contribution in [2.45, 2.75) is 32.1 Å². The van der Waals surface area contributed by atoms with E-state index >= 15 is 0 Å². The van der Waals surface area contributed by atoms with Gasteiger partial charge in [-0.1, -0.05) is 31.0 Å². The second kappa shape index (κ2) is 9.66. The van der Waals surface area contributed by atoms with Crippen LogP contribution in [0.2, 0.25) is 0 Å². The van der Waals surface area contributed by atoms with Gasteiger partial charge in [-0.25, -0.2) is 4.68 Å². The van der Waals surface area contributed by atoms with Crippen molar-refractivity contribution < 1.29 is 0 Å². The number of aliphatic imine (C=N–C) groups is 1. The number of rotatable bonds is 4. The van der Waals surface area contributed by atoms with Crippen LogP contribution in [0.3, 0.4) is 0 Å². The molecule has 0 bridgehead atoms. The summed E-state index contributed by atoms with van der Waals surface area (Å²) in [5, 5.41) is 4.41. The molecule has 0 amide bonds. The Balaban J connectivity index is 0.00000208. The number of hydrogen-bond donors (Lipinski definition) is 1. The summed E-state index contributed by atoms with van der Waals surface area (Å²) in [6.07, 6.45) is 9.89. The van der Waals surface area contributed by atoms with Crippen LogP contribution >= 0.6 is 24.0 Å². The summed E-state index contributed by atoms with van der Waals surface area (Å²) in [5.74, 6) is 0.697. The van der Waals surface area contributed by atoms with Crippen LogP contribution in [0.4, 0.5) is 0 Å². The lowest BCUT2D eigenvalue weighted by atomic mass is 10.2. The second-order valence-electron chi connectivity index (χ2n) is 6.02. The highest BCUT2D eigenvalue weighted by Gasteiger charge is 2.10. The van der Waals surface area contributed by atoms with Crippen LogP contribution in [-0.2, 0) is 6.42 Å². The van der Waals surface area contributed by atoms with Crippen molar-refractivity contribution in [2.24, 2.45) is 10.7 Å². The Morgan fingerprint density at radius 1 is 1.08 bits per heavy atom. The van der Waals surface area contributed by atoms with Crippen LogP contribution in [0.1, 0.15) is 31.2 Å². The Hall–Kier alpha value is -1.57. The van der Waals surface area contributed by atoms with Crippen LogP contribution in [-0.4, -0.2) is 40.3 Å². The summed E-state index contributed by atoms with van der Waals surface area (Å²) in [4.78, 5) is 6.77. The van der Waals surface area contributed by atoms with E-state index in [-0.39, 0.29) is 24.0 Å². The van der Waals surface area contributed by atoms with Gasteiger partial charge < -0.3 is 10.6 Å². The van der Waals surface area contributed by atoms with Crippen molar-refractivity contribution >= 4 is 29.9 Å². The number of aromatic nitrogens is 2. The number of guanidine groups is 1. The Bertz CT molecular complexity index is 630. The fraction of sp³-hybridized carbons (Fsp3) is 0.444. The number of benzene rings is 1. The molecule has 0 aliphatic carbocycles. The third kappa shape index (κ3) is 5.22. The number of hydrogen-bond acceptors (Lipinski definition) is 2. The third-order valence-corrected chi connectivity index (χ3v) is 4.26. The molecule has 0 unspecified atom stereocenters. The van der Waals surface area contributed by atoms with Gasteiger partial charge in [0.1, 0.15) is 0 Å². The van der Waals surface area contributed by atoms with Crippen molar-refractivity contribution in [2.75, 3.05) is 19.6 Å². The normalized spacial score (nSPS) is 15.7. The number of para-hydroxylation sites is 1. The molecule has 2 heterocycles. The summed E-state index contributed by atoms with van der Waals surface area (Å²) in [5.41, 5.74) is 8.39. The molecular formula is C18H26IN5. The fourth-order valence-corrected chi connectivity index (χ4v) is 2.91. The summed E-state index contributed by atoms with van der Waals surface area (Å²) >= 11 is 0. The second-order valence-corrected chi connectivity index (χ2v) is 6.02. The molecular weight excluding hydrogens is 413 g/mol. The molecule has 24 heavy (non-hydrogen) atoms. The molecule has 6 heteroatoms. The molecule has 130 valence electrons. The number of nitrogens with zero attached hydrogens (tertiary/aromatic N) is 4. The zero-order valence-corrected chi connectivity index (χ0v) is 16.3. The predicted molar refractivity (Wildman–Crippen MR) is 109 cm³/mol. The van der Waals surface area contributed by atoms with Gasteiger partial charge in [-0.15, -0.1) is 24.0 Å². The molecule has 3 rings (SSSR count). The van der Waals surface area contributed by atoms with E-state index < -0.39 is 0 Å². The Labute approximate surface area is 161 Å². The van der Waals surface area contributed by atoms with Crippen molar-refractivity contribution in [3.63, 3.8) is 0 Å². The van der Waals surface area contributed by atoms with Gasteiger partial charge in [0.15, 0.2) is 5.96 Å². The van der Waals surface area contributed by atoms with Crippen molar-refractivity contribution in [3.05, 3.63) is 48.3 Å². The Kier molecular flexibility index (Phi) is 7.55. The van der Waals surface area contributed by atoms with Gasteiger partial charge in [-0.3, -0.25) is 4.99 Å². The molecule has 1 aliphatic rings. The largest absolute Gasteiger partial charge is 0.370 e. The molecule has 1 aliphatic heterocycles. The lowest BCUT2D eigenvalue weighted by Crippen LogP contribution is -2.38. The average Bonchev–Trinajstić information content (AvgIpc) is 2.89. The number of likely N-dealkylation sites (tertiary alicyclic amines) is 1. The maximum atomic E-state index is 6.13. The monoisotopic (exact) mass is 439 g/mol. The standard InChI is InChI=1S/C18H25N5.HI/c19-18(22-12-6-1-2-7-13-22)20-11-10-16-14-21-23(15-16)17-8-4-3-5-9-17;/h3-5,8-9,14-15H,1-2,6-7,10-13H2,(H2,19,20);1H. The highest BCUT2D eigenvalue weighted by atomic mass is 127. The first-order chi connectivity index (χ1) is 11.3. The molecule has 0 atom stereocenters. The molecule has 1 aromatic heterocycles. The number of nitrogens with two attached hydrogens (primary N) is 1. The highest BCUT2D eigenvalue weighted by molar-refractivity contribution is 14.0. The average molecular weight is 439 g/mol. The smallest absolute Gasteiger partial charge is 0.191 e.